The number of rotatable bonds is 7. The summed E-state index contributed by atoms with van der Waals surface area (Å²) in [5.41, 5.74) is 1.21. The lowest BCUT2D eigenvalue weighted by Crippen LogP contribution is -2.58. The van der Waals surface area contributed by atoms with Crippen molar-refractivity contribution in [2.75, 3.05) is 44.4 Å². The summed E-state index contributed by atoms with van der Waals surface area (Å²) < 4.78 is 5.59. The van der Waals surface area contributed by atoms with Gasteiger partial charge in [-0.05, 0) is 43.4 Å². The molecule has 5 rings (SSSR count). The predicted molar refractivity (Wildman–Crippen MR) is 140 cm³/mol. The van der Waals surface area contributed by atoms with Crippen LogP contribution in [0.15, 0.2) is 60.7 Å². The van der Waals surface area contributed by atoms with Crippen molar-refractivity contribution in [2.24, 2.45) is 0 Å². The van der Waals surface area contributed by atoms with Crippen molar-refractivity contribution in [3.05, 3.63) is 66.2 Å². The van der Waals surface area contributed by atoms with Gasteiger partial charge >= 0.3 is 6.03 Å². The van der Waals surface area contributed by atoms with E-state index >= 15 is 0 Å². The van der Waals surface area contributed by atoms with Crippen LogP contribution < -0.4 is 15.5 Å². The number of nitrogens with zero attached hydrogens (tertiary/aromatic N) is 3. The third-order valence-corrected chi connectivity index (χ3v) is 7.63. The highest BCUT2D eigenvalue weighted by molar-refractivity contribution is 5.96. The number of urea groups is 1. The zero-order chi connectivity index (χ0) is 25.7. The van der Waals surface area contributed by atoms with Gasteiger partial charge in [-0.1, -0.05) is 48.5 Å². The molecule has 37 heavy (non-hydrogen) atoms. The van der Waals surface area contributed by atoms with Crippen molar-refractivity contribution < 1.29 is 19.1 Å². The summed E-state index contributed by atoms with van der Waals surface area (Å²) in [4.78, 5) is 44.9. The Morgan fingerprint density at radius 3 is 2.35 bits per heavy atom. The smallest absolute Gasteiger partial charge is 0.317 e. The molecule has 9 nitrogen and oxygen atoms in total. The van der Waals surface area contributed by atoms with Gasteiger partial charge < -0.3 is 30.1 Å². The quantitative estimate of drug-likeness (QED) is 0.603. The maximum absolute atomic E-state index is 13.8. The molecular weight excluding hydrogens is 470 g/mol. The second-order valence-corrected chi connectivity index (χ2v) is 10.0. The van der Waals surface area contributed by atoms with Crippen molar-refractivity contribution in [2.45, 2.75) is 43.9 Å². The van der Waals surface area contributed by atoms with E-state index in [1.54, 1.807) is 9.80 Å². The first-order valence-corrected chi connectivity index (χ1v) is 13.1. The number of para-hydroxylation sites is 1. The van der Waals surface area contributed by atoms with Crippen molar-refractivity contribution in [3.63, 3.8) is 0 Å². The van der Waals surface area contributed by atoms with Crippen LogP contribution in [0.4, 0.5) is 10.5 Å². The lowest BCUT2D eigenvalue weighted by atomic mass is 9.85. The van der Waals surface area contributed by atoms with E-state index in [1.165, 1.54) is 0 Å². The Labute approximate surface area is 217 Å². The number of benzene rings is 2. The molecule has 4 amide bonds. The monoisotopic (exact) mass is 505 g/mol. The Kier molecular flexibility index (Phi) is 7.60. The number of anilines is 1. The lowest BCUT2D eigenvalue weighted by Gasteiger charge is -2.43. The minimum Gasteiger partial charge on any atom is -0.376 e. The highest BCUT2D eigenvalue weighted by Crippen LogP contribution is 2.39. The number of nitrogens with one attached hydrogen (secondary N) is 2. The second kappa shape index (κ2) is 11.2. The number of amides is 4. The van der Waals surface area contributed by atoms with E-state index in [1.807, 2.05) is 60.7 Å². The van der Waals surface area contributed by atoms with E-state index < -0.39 is 5.54 Å². The van der Waals surface area contributed by atoms with E-state index in [2.05, 4.69) is 15.5 Å². The van der Waals surface area contributed by atoms with E-state index in [9.17, 15) is 14.4 Å². The molecular formula is C28H35N5O4. The van der Waals surface area contributed by atoms with Crippen molar-refractivity contribution in [3.8, 4) is 0 Å². The fraction of sp³-hybridized carbons (Fsp3) is 0.464. The van der Waals surface area contributed by atoms with Crippen LogP contribution in [0.5, 0.6) is 0 Å². The molecule has 1 spiro atoms. The topological polar surface area (TPSA) is 94.2 Å². The van der Waals surface area contributed by atoms with Gasteiger partial charge in [-0.15, -0.1) is 0 Å². The molecule has 0 aromatic heterocycles. The van der Waals surface area contributed by atoms with E-state index in [4.69, 9.17) is 4.74 Å². The maximum Gasteiger partial charge on any atom is 0.317 e. The molecule has 3 aliphatic rings. The van der Waals surface area contributed by atoms with Crippen LogP contribution in [0.25, 0.3) is 0 Å². The Morgan fingerprint density at radius 2 is 1.68 bits per heavy atom. The largest absolute Gasteiger partial charge is 0.376 e. The molecule has 9 heteroatoms. The van der Waals surface area contributed by atoms with Crippen LogP contribution in [0, 0.1) is 0 Å². The summed E-state index contributed by atoms with van der Waals surface area (Å²) in [5.74, 6) is -0.223. The lowest BCUT2D eigenvalue weighted by molar-refractivity contribution is -0.137. The number of hydrogen-bond donors (Lipinski definition) is 2. The number of ether oxygens (including phenoxy) is 1. The molecule has 0 aliphatic carbocycles. The molecule has 2 aromatic carbocycles. The molecule has 196 valence electrons. The molecule has 2 aromatic rings. The van der Waals surface area contributed by atoms with Gasteiger partial charge in [0.2, 0.25) is 5.91 Å². The van der Waals surface area contributed by atoms with Gasteiger partial charge in [-0.2, -0.15) is 0 Å². The summed E-state index contributed by atoms with van der Waals surface area (Å²) in [6, 6.07) is 19.5. The van der Waals surface area contributed by atoms with Crippen LogP contribution >= 0.6 is 0 Å². The van der Waals surface area contributed by atoms with Crippen molar-refractivity contribution in [1.29, 1.82) is 0 Å². The number of piperidine rings is 1. The van der Waals surface area contributed by atoms with Gasteiger partial charge in [0.15, 0.2) is 0 Å². The minimum atomic E-state index is -0.771. The molecule has 0 radical (unpaired) electrons. The summed E-state index contributed by atoms with van der Waals surface area (Å²) in [7, 11) is 0. The van der Waals surface area contributed by atoms with Crippen LogP contribution in [0.2, 0.25) is 0 Å². The van der Waals surface area contributed by atoms with E-state index in [0.29, 0.717) is 45.7 Å². The SMILES string of the molecule is O=C(CN1CN(c2ccccc2)C2(CCN(C(=O)NCc3ccccc3)CC2)C1=O)NCC1CCCO1. The average molecular weight is 506 g/mol. The molecule has 3 aliphatic heterocycles. The van der Waals surface area contributed by atoms with Crippen LogP contribution in [0.1, 0.15) is 31.2 Å². The first-order valence-electron chi connectivity index (χ1n) is 13.1. The van der Waals surface area contributed by atoms with Gasteiger partial charge in [0, 0.05) is 38.5 Å². The zero-order valence-electron chi connectivity index (χ0n) is 21.1. The maximum atomic E-state index is 13.8. The normalized spacial score (nSPS) is 20.9. The Hall–Kier alpha value is -3.59. The summed E-state index contributed by atoms with van der Waals surface area (Å²) >= 11 is 0. The molecule has 3 saturated heterocycles. The number of likely N-dealkylation sites (tertiary alicyclic amines) is 1. The Bertz CT molecular complexity index is 1080. The third kappa shape index (κ3) is 5.56. The van der Waals surface area contributed by atoms with Gasteiger partial charge in [-0.3, -0.25) is 9.59 Å². The van der Waals surface area contributed by atoms with Gasteiger partial charge in [0.05, 0.1) is 12.8 Å². The standard InChI is InChI=1S/C28H35N5O4/c34-25(29-19-24-12-7-17-37-24)20-32-21-33(23-10-5-2-6-11-23)28(26(32)35)13-15-31(16-14-28)27(36)30-18-22-8-3-1-4-9-22/h1-6,8-11,24H,7,12-21H2,(H,29,34)(H,30,36). The van der Waals surface area contributed by atoms with Gasteiger partial charge in [0.25, 0.3) is 5.91 Å². The number of carbonyl (C=O) groups excluding carboxylic acids is 3. The molecule has 1 unspecified atom stereocenters. The minimum absolute atomic E-state index is 0.0118. The fourth-order valence-corrected chi connectivity index (χ4v) is 5.55. The van der Waals surface area contributed by atoms with Gasteiger partial charge in [0.1, 0.15) is 12.1 Å². The zero-order valence-corrected chi connectivity index (χ0v) is 21.1. The Balaban J connectivity index is 1.23. The first kappa shape index (κ1) is 25.1. The molecule has 3 heterocycles. The average Bonchev–Trinajstić information content (AvgIpc) is 3.55. The third-order valence-electron chi connectivity index (χ3n) is 7.63. The first-order chi connectivity index (χ1) is 18.0. The molecule has 1 atom stereocenters. The predicted octanol–water partition coefficient (Wildman–Crippen LogP) is 2.33. The highest BCUT2D eigenvalue weighted by atomic mass is 16.5. The molecule has 0 saturated carbocycles. The number of carbonyl (C=O) groups is 3. The summed E-state index contributed by atoms with van der Waals surface area (Å²) in [6.07, 6.45) is 3.04. The van der Waals surface area contributed by atoms with Crippen LogP contribution in [-0.2, 0) is 20.9 Å². The molecule has 0 bridgehead atoms. The molecule has 3 fully saturated rings. The van der Waals surface area contributed by atoms with Gasteiger partial charge in [-0.25, -0.2) is 4.79 Å². The summed E-state index contributed by atoms with van der Waals surface area (Å²) in [5, 5.41) is 5.92. The fourth-order valence-electron chi connectivity index (χ4n) is 5.55. The second-order valence-electron chi connectivity index (χ2n) is 10.0. The number of hydrogen-bond acceptors (Lipinski definition) is 5. The van der Waals surface area contributed by atoms with Crippen LogP contribution in [0.3, 0.4) is 0 Å². The molecule has 2 N–H and O–H groups in total. The van der Waals surface area contributed by atoms with E-state index in [0.717, 1.165) is 30.7 Å². The Morgan fingerprint density at radius 1 is 0.973 bits per heavy atom. The summed E-state index contributed by atoms with van der Waals surface area (Å²) in [6.45, 7) is 2.96. The van der Waals surface area contributed by atoms with Crippen molar-refractivity contribution in [1.82, 2.24) is 20.4 Å². The van der Waals surface area contributed by atoms with E-state index in [-0.39, 0.29) is 30.5 Å². The highest BCUT2D eigenvalue weighted by Gasteiger charge is 2.54. The van der Waals surface area contributed by atoms with Crippen LogP contribution in [-0.4, -0.2) is 78.7 Å². The van der Waals surface area contributed by atoms with Crippen molar-refractivity contribution >= 4 is 23.5 Å².